The van der Waals surface area contributed by atoms with Crippen LogP contribution in [0.2, 0.25) is 0 Å². The normalized spacial score (nSPS) is 16.8. The van der Waals surface area contributed by atoms with Crippen LogP contribution in [-0.2, 0) is 0 Å². The van der Waals surface area contributed by atoms with Crippen molar-refractivity contribution in [2.24, 2.45) is 0 Å². The Bertz CT molecular complexity index is 1210. The number of ketones is 1. The number of aryl methyl sites for hydroxylation is 2. The summed E-state index contributed by atoms with van der Waals surface area (Å²) in [6.45, 7) is 5.83. The average molecular weight is 453 g/mol. The average Bonchev–Trinajstić information content (AvgIpc) is 2.75. The fourth-order valence-electron chi connectivity index (χ4n) is 4.52. The molecule has 0 aromatic heterocycles. The van der Waals surface area contributed by atoms with Crippen LogP contribution < -0.4 is 4.74 Å². The fraction of sp³-hybridized carbons (Fsp3) is 0.391. The summed E-state index contributed by atoms with van der Waals surface area (Å²) >= 11 is 0. The second kappa shape index (κ2) is 7.95. The third-order valence-corrected chi connectivity index (χ3v) is 6.67. The van der Waals surface area contributed by atoms with Gasteiger partial charge >= 0.3 is 0 Å². The summed E-state index contributed by atoms with van der Waals surface area (Å²) in [7, 11) is 0. The zero-order valence-electron chi connectivity index (χ0n) is 18.5. The molecule has 172 valence electrons. The third kappa shape index (κ3) is 3.92. The Morgan fingerprint density at radius 2 is 1.64 bits per heavy atom. The molecule has 2 heterocycles. The van der Waals surface area contributed by atoms with Crippen LogP contribution >= 0.6 is 0 Å². The smallest absolute Gasteiger partial charge is 0.279 e. The van der Waals surface area contributed by atoms with E-state index in [1.165, 1.54) is 11.8 Å². The Morgan fingerprint density at radius 1 is 1.00 bits per heavy atom. The van der Waals surface area contributed by atoms with E-state index in [0.717, 1.165) is 23.3 Å². The van der Waals surface area contributed by atoms with Gasteiger partial charge in [0, 0.05) is 37.6 Å². The number of amides is 1. The molecule has 10 heteroatoms. The predicted molar refractivity (Wildman–Crippen MR) is 118 cm³/mol. The number of nitro groups is 2. The molecule has 0 aliphatic carbocycles. The molecule has 1 saturated heterocycles. The molecular formula is C23H23N3O7. The van der Waals surface area contributed by atoms with Crippen LogP contribution in [0.15, 0.2) is 24.3 Å². The maximum absolute atomic E-state index is 13.2. The first-order chi connectivity index (χ1) is 15.5. The number of rotatable bonds is 3. The lowest BCUT2D eigenvalue weighted by Gasteiger charge is -2.44. The lowest BCUT2D eigenvalue weighted by molar-refractivity contribution is -0.394. The molecule has 2 aliphatic heterocycles. The molecule has 0 unspecified atom stereocenters. The number of nitrogens with zero attached hydrogens (tertiary/aromatic N) is 3. The Hall–Kier alpha value is -3.82. The number of ether oxygens (including phenoxy) is 1. The van der Waals surface area contributed by atoms with Crippen LogP contribution in [0.5, 0.6) is 5.75 Å². The number of carbonyl (C=O) groups excluding carboxylic acids is 2. The summed E-state index contributed by atoms with van der Waals surface area (Å²) in [6.07, 6.45) is 1.03. The van der Waals surface area contributed by atoms with Crippen LogP contribution in [0.1, 0.15) is 56.7 Å². The van der Waals surface area contributed by atoms with E-state index in [4.69, 9.17) is 4.74 Å². The third-order valence-electron chi connectivity index (χ3n) is 6.67. The molecule has 0 N–H and O–H groups in total. The number of hydrogen-bond donors (Lipinski definition) is 0. The van der Waals surface area contributed by atoms with Gasteiger partial charge in [-0.2, -0.15) is 0 Å². The molecule has 1 amide bonds. The SMILES string of the molecule is Cc1cc2c(cc1C)C(=O)CC1(CCN(C(=O)c3cc([N+](=O)[O-])cc([N+](=O)[O-])c3C)CC1)O2. The van der Waals surface area contributed by atoms with E-state index in [9.17, 15) is 29.8 Å². The number of hydrogen-bond acceptors (Lipinski definition) is 7. The predicted octanol–water partition coefficient (Wildman–Crippen LogP) is 4.07. The van der Waals surface area contributed by atoms with Crippen molar-refractivity contribution in [1.29, 1.82) is 0 Å². The standard InChI is InChI=1S/C23H23N3O7/c1-13-8-18-20(27)12-23(33-21(18)9-14(13)2)4-6-24(7-5-23)22(28)17-10-16(25(29)30)11-19(15(17)3)26(31)32/h8-11H,4-7,12H2,1-3H3. The first-order valence-electron chi connectivity index (χ1n) is 10.6. The number of Topliss-reactive ketones (excluding diaryl/α,β-unsaturated/α-hetero) is 1. The summed E-state index contributed by atoms with van der Waals surface area (Å²) in [5, 5.41) is 22.6. The van der Waals surface area contributed by atoms with Gasteiger partial charge < -0.3 is 9.64 Å². The first-order valence-corrected chi connectivity index (χ1v) is 10.6. The van der Waals surface area contributed by atoms with Gasteiger partial charge in [-0.25, -0.2) is 0 Å². The lowest BCUT2D eigenvalue weighted by atomic mass is 9.81. The number of carbonyl (C=O) groups is 2. The topological polar surface area (TPSA) is 133 Å². The number of piperidine rings is 1. The van der Waals surface area contributed by atoms with Crippen molar-refractivity contribution in [2.75, 3.05) is 13.1 Å². The second-order valence-corrected chi connectivity index (χ2v) is 8.76. The molecule has 0 bridgehead atoms. The van der Waals surface area contributed by atoms with Crippen molar-refractivity contribution in [3.05, 3.63) is 72.3 Å². The molecular weight excluding hydrogens is 430 g/mol. The first kappa shape index (κ1) is 22.4. The van der Waals surface area contributed by atoms with Gasteiger partial charge in [0.2, 0.25) is 0 Å². The second-order valence-electron chi connectivity index (χ2n) is 8.76. The van der Waals surface area contributed by atoms with Crippen LogP contribution in [0.4, 0.5) is 11.4 Å². The number of nitro benzene ring substituents is 2. The molecule has 0 radical (unpaired) electrons. The summed E-state index contributed by atoms with van der Waals surface area (Å²) in [5.41, 5.74) is 0.937. The number of fused-ring (bicyclic) bond motifs is 1. The Kier molecular flexibility index (Phi) is 5.39. The molecule has 4 rings (SSSR count). The van der Waals surface area contributed by atoms with Crippen LogP contribution in [0, 0.1) is 41.0 Å². The van der Waals surface area contributed by atoms with E-state index in [1.54, 1.807) is 0 Å². The molecule has 2 aromatic rings. The summed E-state index contributed by atoms with van der Waals surface area (Å²) < 4.78 is 6.29. The van der Waals surface area contributed by atoms with E-state index in [0.29, 0.717) is 24.2 Å². The largest absolute Gasteiger partial charge is 0.486 e. The van der Waals surface area contributed by atoms with Crippen LogP contribution in [0.25, 0.3) is 0 Å². The maximum atomic E-state index is 13.2. The van der Waals surface area contributed by atoms with Crippen molar-refractivity contribution in [3.8, 4) is 5.75 Å². The molecule has 10 nitrogen and oxygen atoms in total. The van der Waals surface area contributed by atoms with Crippen molar-refractivity contribution < 1.29 is 24.2 Å². The van der Waals surface area contributed by atoms with Gasteiger partial charge in [-0.05, 0) is 44.0 Å². The monoisotopic (exact) mass is 453 g/mol. The maximum Gasteiger partial charge on any atom is 0.279 e. The lowest BCUT2D eigenvalue weighted by Crippen LogP contribution is -2.52. The zero-order valence-corrected chi connectivity index (χ0v) is 18.5. The molecule has 0 atom stereocenters. The highest BCUT2D eigenvalue weighted by molar-refractivity contribution is 6.01. The van der Waals surface area contributed by atoms with E-state index < -0.39 is 32.7 Å². The van der Waals surface area contributed by atoms with Crippen LogP contribution in [-0.4, -0.2) is 45.1 Å². The number of non-ortho nitro benzene ring substituents is 1. The van der Waals surface area contributed by atoms with E-state index in [1.807, 2.05) is 26.0 Å². The summed E-state index contributed by atoms with van der Waals surface area (Å²) in [6, 6.07) is 5.65. The summed E-state index contributed by atoms with van der Waals surface area (Å²) in [4.78, 5) is 48.6. The van der Waals surface area contributed by atoms with E-state index in [2.05, 4.69) is 0 Å². The van der Waals surface area contributed by atoms with Crippen molar-refractivity contribution in [3.63, 3.8) is 0 Å². The highest BCUT2D eigenvalue weighted by Gasteiger charge is 2.44. The highest BCUT2D eigenvalue weighted by atomic mass is 16.6. The van der Waals surface area contributed by atoms with Crippen molar-refractivity contribution in [1.82, 2.24) is 4.90 Å². The van der Waals surface area contributed by atoms with Crippen molar-refractivity contribution in [2.45, 2.75) is 45.6 Å². The van der Waals surface area contributed by atoms with E-state index >= 15 is 0 Å². The van der Waals surface area contributed by atoms with Gasteiger partial charge in [-0.15, -0.1) is 0 Å². The summed E-state index contributed by atoms with van der Waals surface area (Å²) in [5.74, 6) is 0.0479. The molecule has 2 aromatic carbocycles. The number of likely N-dealkylation sites (tertiary alicyclic amines) is 1. The minimum atomic E-state index is -0.753. The zero-order chi connectivity index (χ0) is 24.1. The fourth-order valence-corrected chi connectivity index (χ4v) is 4.52. The van der Waals surface area contributed by atoms with Gasteiger partial charge in [0.05, 0.1) is 33.5 Å². The quantitative estimate of drug-likeness (QED) is 0.505. The number of benzene rings is 2. The molecule has 1 spiro atoms. The van der Waals surface area contributed by atoms with Gasteiger partial charge in [-0.3, -0.25) is 29.8 Å². The molecule has 0 saturated carbocycles. The molecule has 1 fully saturated rings. The van der Waals surface area contributed by atoms with Crippen molar-refractivity contribution >= 4 is 23.1 Å². The Morgan fingerprint density at radius 3 is 2.24 bits per heavy atom. The minimum absolute atomic E-state index is 0.00396. The van der Waals surface area contributed by atoms with Gasteiger partial charge in [0.15, 0.2) is 5.78 Å². The molecule has 33 heavy (non-hydrogen) atoms. The highest BCUT2D eigenvalue weighted by Crippen LogP contribution is 2.41. The molecule has 2 aliphatic rings. The van der Waals surface area contributed by atoms with E-state index in [-0.39, 0.29) is 36.4 Å². The van der Waals surface area contributed by atoms with Gasteiger partial charge in [-0.1, -0.05) is 0 Å². The Balaban J connectivity index is 1.57. The minimum Gasteiger partial charge on any atom is -0.486 e. The van der Waals surface area contributed by atoms with Gasteiger partial charge in [0.25, 0.3) is 17.3 Å². The Labute approximate surface area is 189 Å². The van der Waals surface area contributed by atoms with Gasteiger partial charge in [0.1, 0.15) is 11.4 Å². The van der Waals surface area contributed by atoms with Crippen LogP contribution in [0.3, 0.4) is 0 Å².